The molecule has 2 N–H and O–H groups in total. The number of hydrogen-bond donors (Lipinski definition) is 2. The number of nitrogens with zero attached hydrogens (tertiary/aromatic N) is 2. The van der Waals surface area contributed by atoms with Crippen molar-refractivity contribution >= 4 is 10.0 Å². The molecule has 8 heteroatoms. The van der Waals surface area contributed by atoms with Gasteiger partial charge in [0, 0.05) is 18.0 Å². The minimum Gasteiger partial charge on any atom is -0.491 e. The van der Waals surface area contributed by atoms with Crippen LogP contribution < -0.4 is 9.46 Å². The van der Waals surface area contributed by atoms with Crippen molar-refractivity contribution in [2.24, 2.45) is 0 Å². The molecule has 0 spiro atoms. The van der Waals surface area contributed by atoms with Crippen LogP contribution in [0, 0.1) is 11.3 Å². The zero-order valence-electron chi connectivity index (χ0n) is 15.3. The molecule has 0 radical (unpaired) electrons. The lowest BCUT2D eigenvalue weighted by atomic mass is 10.1. The number of rotatable bonds is 8. The third kappa shape index (κ3) is 5.19. The van der Waals surface area contributed by atoms with Crippen molar-refractivity contribution < 1.29 is 13.2 Å². The van der Waals surface area contributed by atoms with Gasteiger partial charge in [0.1, 0.15) is 18.2 Å². The van der Waals surface area contributed by atoms with Crippen molar-refractivity contribution in [2.45, 2.75) is 18.2 Å². The summed E-state index contributed by atoms with van der Waals surface area (Å²) in [6, 6.07) is 17.9. The molecule has 0 aliphatic carbocycles. The second kappa shape index (κ2) is 8.25. The van der Waals surface area contributed by atoms with E-state index in [9.17, 15) is 13.7 Å². The third-order valence-corrected chi connectivity index (χ3v) is 5.46. The van der Waals surface area contributed by atoms with Gasteiger partial charge in [0.25, 0.3) is 0 Å². The minimum absolute atomic E-state index is 0.127. The Balaban J connectivity index is 1.63. The molecule has 1 aromatic heterocycles. The van der Waals surface area contributed by atoms with E-state index in [1.165, 1.54) is 6.92 Å². The number of ether oxygens (including phenoxy) is 1. The Labute approximate surface area is 164 Å². The second-order valence-electron chi connectivity index (χ2n) is 6.54. The van der Waals surface area contributed by atoms with Gasteiger partial charge in [-0.3, -0.25) is 0 Å². The van der Waals surface area contributed by atoms with Gasteiger partial charge in [0.2, 0.25) is 10.0 Å². The van der Waals surface area contributed by atoms with Crippen molar-refractivity contribution in [3.05, 3.63) is 72.6 Å². The topological polar surface area (TPSA) is 108 Å². The zero-order valence-corrected chi connectivity index (χ0v) is 16.1. The van der Waals surface area contributed by atoms with E-state index in [4.69, 9.17) is 4.74 Å². The quantitative estimate of drug-likeness (QED) is 0.609. The van der Waals surface area contributed by atoms with E-state index < -0.39 is 15.6 Å². The lowest BCUT2D eigenvalue weighted by Crippen LogP contribution is -2.49. The summed E-state index contributed by atoms with van der Waals surface area (Å²) < 4.78 is 33.0. The number of imidazole rings is 1. The van der Waals surface area contributed by atoms with E-state index in [1.54, 1.807) is 48.8 Å². The summed E-state index contributed by atoms with van der Waals surface area (Å²) in [5, 5.41) is 9.49. The fourth-order valence-electron chi connectivity index (χ4n) is 2.62. The summed E-state index contributed by atoms with van der Waals surface area (Å²) >= 11 is 0. The molecular weight excluding hydrogens is 376 g/mol. The van der Waals surface area contributed by atoms with Gasteiger partial charge in [-0.1, -0.05) is 30.3 Å². The average Bonchev–Trinajstić information content (AvgIpc) is 3.22. The summed E-state index contributed by atoms with van der Waals surface area (Å²) in [6.07, 6.45) is 3.40. The van der Waals surface area contributed by atoms with Crippen LogP contribution in [0.3, 0.4) is 0 Å². The highest BCUT2D eigenvalue weighted by atomic mass is 32.2. The van der Waals surface area contributed by atoms with Crippen molar-refractivity contribution in [2.75, 3.05) is 6.61 Å². The van der Waals surface area contributed by atoms with Gasteiger partial charge in [-0.2, -0.15) is 9.98 Å². The van der Waals surface area contributed by atoms with Gasteiger partial charge in [-0.25, -0.2) is 13.4 Å². The molecule has 144 valence electrons. The van der Waals surface area contributed by atoms with Crippen LogP contribution in [-0.2, 0) is 15.8 Å². The maximum atomic E-state index is 12.4. The summed E-state index contributed by atoms with van der Waals surface area (Å²) in [7, 11) is -3.71. The van der Waals surface area contributed by atoms with Gasteiger partial charge < -0.3 is 9.72 Å². The van der Waals surface area contributed by atoms with Crippen molar-refractivity contribution in [1.29, 1.82) is 5.26 Å². The number of nitrogens with one attached hydrogen (secondary N) is 2. The molecule has 0 bridgehead atoms. The summed E-state index contributed by atoms with van der Waals surface area (Å²) in [4.78, 5) is 7.19. The van der Waals surface area contributed by atoms with Crippen LogP contribution in [0.5, 0.6) is 5.75 Å². The Morgan fingerprint density at radius 1 is 1.18 bits per heavy atom. The molecule has 0 fully saturated rings. The van der Waals surface area contributed by atoms with E-state index in [2.05, 4.69) is 14.7 Å². The molecule has 0 aliphatic heterocycles. The SMILES string of the molecule is CC(C#N)(COc1ccc(-c2ncc[nH]2)cc1)NS(=O)(=O)Cc1ccccc1. The molecule has 1 heterocycles. The fourth-order valence-corrected chi connectivity index (χ4v) is 4.11. The van der Waals surface area contributed by atoms with E-state index in [-0.39, 0.29) is 12.4 Å². The number of aromatic nitrogens is 2. The lowest BCUT2D eigenvalue weighted by Gasteiger charge is -2.23. The first-order valence-electron chi connectivity index (χ1n) is 8.59. The first-order valence-corrected chi connectivity index (χ1v) is 10.2. The van der Waals surface area contributed by atoms with Gasteiger partial charge in [-0.05, 0) is 36.8 Å². The molecule has 1 unspecified atom stereocenters. The smallest absolute Gasteiger partial charge is 0.217 e. The largest absolute Gasteiger partial charge is 0.491 e. The van der Waals surface area contributed by atoms with Crippen LogP contribution in [-0.4, -0.2) is 30.5 Å². The highest BCUT2D eigenvalue weighted by molar-refractivity contribution is 7.88. The zero-order chi connectivity index (χ0) is 20.0. The molecule has 3 rings (SSSR count). The van der Waals surface area contributed by atoms with Crippen LogP contribution in [0.4, 0.5) is 0 Å². The van der Waals surface area contributed by atoms with E-state index >= 15 is 0 Å². The van der Waals surface area contributed by atoms with Gasteiger partial charge >= 0.3 is 0 Å². The molecular formula is C20H20N4O3S. The van der Waals surface area contributed by atoms with Gasteiger partial charge in [0.05, 0.1) is 11.8 Å². The molecule has 0 saturated heterocycles. The van der Waals surface area contributed by atoms with Crippen molar-refractivity contribution in [3.63, 3.8) is 0 Å². The summed E-state index contributed by atoms with van der Waals surface area (Å²) in [6.45, 7) is 1.37. The van der Waals surface area contributed by atoms with Crippen molar-refractivity contribution in [3.8, 4) is 23.2 Å². The first-order chi connectivity index (χ1) is 13.4. The average molecular weight is 396 g/mol. The van der Waals surface area contributed by atoms with Crippen LogP contribution in [0.2, 0.25) is 0 Å². The number of benzene rings is 2. The highest BCUT2D eigenvalue weighted by Gasteiger charge is 2.31. The summed E-state index contributed by atoms with van der Waals surface area (Å²) in [5.74, 6) is 1.06. The minimum atomic E-state index is -3.71. The molecule has 0 aliphatic rings. The monoisotopic (exact) mass is 396 g/mol. The Morgan fingerprint density at radius 2 is 1.89 bits per heavy atom. The Hall–Kier alpha value is -3.15. The van der Waals surface area contributed by atoms with Gasteiger partial charge in [-0.15, -0.1) is 0 Å². The molecule has 0 saturated carbocycles. The standard InChI is InChI=1S/C20H20N4O3S/c1-20(14-21,24-28(25,26)13-16-5-3-2-4-6-16)15-27-18-9-7-17(8-10-18)19-22-11-12-23-19/h2-12,24H,13,15H2,1H3,(H,22,23). The number of hydrogen-bond acceptors (Lipinski definition) is 5. The van der Waals surface area contributed by atoms with E-state index in [0.29, 0.717) is 11.3 Å². The maximum Gasteiger partial charge on any atom is 0.217 e. The highest BCUT2D eigenvalue weighted by Crippen LogP contribution is 2.20. The predicted molar refractivity (Wildman–Crippen MR) is 106 cm³/mol. The fraction of sp³-hybridized carbons (Fsp3) is 0.200. The molecule has 2 aromatic carbocycles. The first kappa shape index (κ1) is 19.6. The molecule has 1 atom stereocenters. The predicted octanol–water partition coefficient (Wildman–Crippen LogP) is 2.86. The second-order valence-corrected chi connectivity index (χ2v) is 8.26. The lowest BCUT2D eigenvalue weighted by molar-refractivity contribution is 0.253. The number of aromatic amines is 1. The van der Waals surface area contributed by atoms with Crippen LogP contribution >= 0.6 is 0 Å². The maximum absolute atomic E-state index is 12.4. The molecule has 7 nitrogen and oxygen atoms in total. The Kier molecular flexibility index (Phi) is 5.78. The third-order valence-electron chi connectivity index (χ3n) is 3.98. The Morgan fingerprint density at radius 3 is 2.50 bits per heavy atom. The molecule has 28 heavy (non-hydrogen) atoms. The molecule has 3 aromatic rings. The summed E-state index contributed by atoms with van der Waals surface area (Å²) in [5.41, 5.74) is 0.140. The van der Waals surface area contributed by atoms with Crippen LogP contribution in [0.1, 0.15) is 12.5 Å². The van der Waals surface area contributed by atoms with E-state index in [0.717, 1.165) is 11.4 Å². The van der Waals surface area contributed by atoms with Crippen LogP contribution in [0.15, 0.2) is 67.0 Å². The van der Waals surface area contributed by atoms with E-state index in [1.807, 2.05) is 24.3 Å². The Bertz CT molecular complexity index is 1040. The number of nitriles is 1. The van der Waals surface area contributed by atoms with Gasteiger partial charge in [0.15, 0.2) is 5.54 Å². The van der Waals surface area contributed by atoms with Crippen molar-refractivity contribution in [1.82, 2.24) is 14.7 Å². The number of sulfonamides is 1. The normalized spacial score (nSPS) is 13.4. The number of H-pyrrole nitrogens is 1. The van der Waals surface area contributed by atoms with Crippen LogP contribution in [0.25, 0.3) is 11.4 Å². The molecule has 0 amide bonds.